The number of aromatic nitrogens is 2. The van der Waals surface area contributed by atoms with E-state index in [1.54, 1.807) is 4.57 Å². The Balaban J connectivity index is 0.00000112. The molecule has 73 valence electrons. The second-order valence-corrected chi connectivity index (χ2v) is 3.13. The van der Waals surface area contributed by atoms with Crippen LogP contribution in [0.4, 0.5) is 0 Å². The van der Waals surface area contributed by atoms with Gasteiger partial charge in [0.2, 0.25) is 0 Å². The van der Waals surface area contributed by atoms with Crippen LogP contribution in [0.2, 0.25) is 0 Å². The van der Waals surface area contributed by atoms with Gasteiger partial charge >= 0.3 is 5.97 Å². The molecule has 2 aromatic rings. The summed E-state index contributed by atoms with van der Waals surface area (Å²) in [5.41, 5.74) is 1.71. The maximum atomic E-state index is 10.6. The van der Waals surface area contributed by atoms with Gasteiger partial charge in [-0.2, -0.15) is 0 Å². The molecule has 4 nitrogen and oxygen atoms in total. The molecule has 0 amide bonds. The van der Waals surface area contributed by atoms with Crippen molar-refractivity contribution in [3.05, 3.63) is 30.1 Å². The summed E-state index contributed by atoms with van der Waals surface area (Å²) in [5, 5.41) is 8.72. The summed E-state index contributed by atoms with van der Waals surface area (Å²) in [4.78, 5) is 14.9. The topological polar surface area (TPSA) is 55.1 Å². The van der Waals surface area contributed by atoms with Gasteiger partial charge in [0, 0.05) is 51.4 Å². The van der Waals surface area contributed by atoms with Crippen LogP contribution in [0.25, 0.3) is 11.0 Å². The fourth-order valence-electron chi connectivity index (χ4n) is 1.53. The molecule has 1 aromatic carbocycles. The molecule has 0 atom stereocenters. The van der Waals surface area contributed by atoms with Crippen molar-refractivity contribution in [3.8, 4) is 0 Å². The number of benzene rings is 1. The summed E-state index contributed by atoms with van der Waals surface area (Å²) in [5.74, 6) is -0.121. The standard InChI is InChI=1S/C10H10N2O2.K/c1-7-11-8-4-2-3-5-9(8)12(7)6-10(13)14;/h2-5H,6H2,1H3,(H,13,14);. The second kappa shape index (κ2) is 5.22. The largest absolute Gasteiger partial charge is 0.480 e. The fraction of sp³-hybridized carbons (Fsp3) is 0.200. The SMILES string of the molecule is Cc1nc2ccccc2n1CC(=O)O.[K]. The molecule has 0 saturated carbocycles. The number of hydrogen-bond acceptors (Lipinski definition) is 2. The first-order valence-electron chi connectivity index (χ1n) is 4.32. The smallest absolute Gasteiger partial charge is 0.323 e. The number of fused-ring (bicyclic) bond motifs is 1. The summed E-state index contributed by atoms with van der Waals surface area (Å²) in [6, 6.07) is 7.51. The van der Waals surface area contributed by atoms with Crippen LogP contribution in [-0.2, 0) is 11.3 Å². The van der Waals surface area contributed by atoms with Crippen LogP contribution in [0.1, 0.15) is 5.82 Å². The Labute approximate surface area is 130 Å². The summed E-state index contributed by atoms with van der Waals surface area (Å²) >= 11 is 0. The van der Waals surface area contributed by atoms with E-state index in [1.807, 2.05) is 31.2 Å². The molecule has 1 N–H and O–H groups in total. The monoisotopic (exact) mass is 229 g/mol. The van der Waals surface area contributed by atoms with Gasteiger partial charge in [0.1, 0.15) is 12.4 Å². The van der Waals surface area contributed by atoms with Crippen molar-refractivity contribution in [3.63, 3.8) is 0 Å². The van der Waals surface area contributed by atoms with Crippen molar-refractivity contribution >= 4 is 68.4 Å². The van der Waals surface area contributed by atoms with E-state index in [0.717, 1.165) is 16.9 Å². The molecule has 2 rings (SSSR count). The molecule has 1 heterocycles. The predicted octanol–water partition coefficient (Wildman–Crippen LogP) is 1.05. The Hall–Kier alpha value is -0.204. The number of aliphatic carboxylic acids is 1. The predicted molar refractivity (Wildman–Crippen MR) is 57.9 cm³/mol. The number of carbonyl (C=O) groups is 1. The first-order chi connectivity index (χ1) is 6.68. The Bertz CT molecular complexity index is 493. The summed E-state index contributed by atoms with van der Waals surface area (Å²) in [7, 11) is 0. The zero-order valence-corrected chi connectivity index (χ0v) is 11.9. The molecule has 0 saturated heterocycles. The first kappa shape index (κ1) is 12.9. The second-order valence-electron chi connectivity index (χ2n) is 3.13. The molecule has 0 fully saturated rings. The average Bonchev–Trinajstić information content (AvgIpc) is 2.43. The van der Waals surface area contributed by atoms with Crippen molar-refractivity contribution in [1.82, 2.24) is 9.55 Å². The molecule has 0 unspecified atom stereocenters. The molecule has 0 aliphatic carbocycles. The molecule has 1 radical (unpaired) electrons. The van der Waals surface area contributed by atoms with E-state index in [1.165, 1.54) is 0 Å². The Morgan fingerprint density at radius 1 is 1.47 bits per heavy atom. The van der Waals surface area contributed by atoms with E-state index in [-0.39, 0.29) is 57.9 Å². The van der Waals surface area contributed by atoms with Gasteiger partial charge in [0.25, 0.3) is 0 Å². The third-order valence-electron chi connectivity index (χ3n) is 2.14. The first-order valence-corrected chi connectivity index (χ1v) is 4.32. The number of imidazole rings is 1. The quantitative estimate of drug-likeness (QED) is 0.783. The van der Waals surface area contributed by atoms with Crippen molar-refractivity contribution < 1.29 is 9.90 Å². The molecular weight excluding hydrogens is 219 g/mol. The van der Waals surface area contributed by atoms with Crippen LogP contribution in [0.5, 0.6) is 0 Å². The zero-order chi connectivity index (χ0) is 10.1. The van der Waals surface area contributed by atoms with Crippen molar-refractivity contribution in [2.24, 2.45) is 0 Å². The minimum absolute atomic E-state index is 0. The van der Waals surface area contributed by atoms with Crippen LogP contribution in [0, 0.1) is 6.92 Å². The van der Waals surface area contributed by atoms with Crippen LogP contribution in [0.3, 0.4) is 0 Å². The van der Waals surface area contributed by atoms with Gasteiger partial charge in [-0.15, -0.1) is 0 Å². The number of aryl methyl sites for hydroxylation is 1. The molecule has 5 heteroatoms. The van der Waals surface area contributed by atoms with Gasteiger partial charge in [-0.05, 0) is 19.1 Å². The summed E-state index contributed by atoms with van der Waals surface area (Å²) in [6.07, 6.45) is 0. The third-order valence-corrected chi connectivity index (χ3v) is 2.14. The van der Waals surface area contributed by atoms with Crippen molar-refractivity contribution in [2.45, 2.75) is 13.5 Å². The van der Waals surface area contributed by atoms with Crippen molar-refractivity contribution in [2.75, 3.05) is 0 Å². The van der Waals surface area contributed by atoms with Crippen LogP contribution in [0.15, 0.2) is 24.3 Å². The van der Waals surface area contributed by atoms with E-state index in [9.17, 15) is 4.79 Å². The minimum Gasteiger partial charge on any atom is -0.480 e. The van der Waals surface area contributed by atoms with Gasteiger partial charge in [0.05, 0.1) is 11.0 Å². The molecule has 0 bridgehead atoms. The maximum absolute atomic E-state index is 10.6. The number of para-hydroxylation sites is 2. The maximum Gasteiger partial charge on any atom is 0.323 e. The van der Waals surface area contributed by atoms with Gasteiger partial charge in [-0.25, -0.2) is 4.98 Å². The summed E-state index contributed by atoms with van der Waals surface area (Å²) < 4.78 is 1.69. The van der Waals surface area contributed by atoms with E-state index in [0.29, 0.717) is 0 Å². The molecule has 0 aliphatic heterocycles. The van der Waals surface area contributed by atoms with E-state index < -0.39 is 5.97 Å². The van der Waals surface area contributed by atoms with E-state index >= 15 is 0 Å². The van der Waals surface area contributed by atoms with Crippen molar-refractivity contribution in [1.29, 1.82) is 0 Å². The molecule has 1 aromatic heterocycles. The van der Waals surface area contributed by atoms with Gasteiger partial charge < -0.3 is 9.67 Å². The average molecular weight is 229 g/mol. The molecule has 0 aliphatic rings. The van der Waals surface area contributed by atoms with Crippen LogP contribution < -0.4 is 0 Å². The molecule has 15 heavy (non-hydrogen) atoms. The Kier molecular flexibility index (Phi) is 4.48. The number of rotatable bonds is 2. The summed E-state index contributed by atoms with van der Waals surface area (Å²) in [6.45, 7) is 1.77. The molecule has 0 spiro atoms. The van der Waals surface area contributed by atoms with Gasteiger partial charge in [0.15, 0.2) is 0 Å². The Morgan fingerprint density at radius 3 is 2.80 bits per heavy atom. The van der Waals surface area contributed by atoms with Gasteiger partial charge in [-0.1, -0.05) is 12.1 Å². The molecular formula is C10H10KN2O2. The Morgan fingerprint density at radius 2 is 2.13 bits per heavy atom. The van der Waals surface area contributed by atoms with E-state index in [2.05, 4.69) is 4.98 Å². The minimum atomic E-state index is -0.851. The van der Waals surface area contributed by atoms with E-state index in [4.69, 9.17) is 5.11 Å². The fourth-order valence-corrected chi connectivity index (χ4v) is 1.53. The third kappa shape index (κ3) is 2.67. The number of carboxylic acid groups (broad SMARTS) is 1. The van der Waals surface area contributed by atoms with Gasteiger partial charge in [-0.3, -0.25) is 4.79 Å². The zero-order valence-electron chi connectivity index (χ0n) is 8.77. The number of hydrogen-bond donors (Lipinski definition) is 1. The normalized spacial score (nSPS) is 9.93. The number of nitrogens with zero attached hydrogens (tertiary/aromatic N) is 2. The number of carboxylic acids is 1. The van der Waals surface area contributed by atoms with Crippen LogP contribution >= 0.6 is 0 Å². The van der Waals surface area contributed by atoms with Crippen LogP contribution in [-0.4, -0.2) is 72.0 Å².